The number of anilines is 1. The van der Waals surface area contributed by atoms with Crippen LogP contribution in [0.2, 0.25) is 0 Å². The van der Waals surface area contributed by atoms with Crippen molar-refractivity contribution in [1.82, 2.24) is 9.88 Å². The molecule has 0 aliphatic heterocycles. The van der Waals surface area contributed by atoms with Crippen molar-refractivity contribution in [2.75, 3.05) is 11.9 Å². The third-order valence-corrected chi connectivity index (χ3v) is 4.62. The first-order chi connectivity index (χ1) is 13.0. The molecule has 1 aliphatic rings. The quantitative estimate of drug-likeness (QED) is 0.766. The molecule has 1 saturated carbocycles. The summed E-state index contributed by atoms with van der Waals surface area (Å²) in [5, 5.41) is 5.65. The number of amides is 2. The number of nitrogens with one attached hydrogen (secondary N) is 2. The Morgan fingerprint density at radius 1 is 1.11 bits per heavy atom. The number of hydrogen-bond acceptors (Lipinski definition) is 4. The van der Waals surface area contributed by atoms with Crippen LogP contribution in [0.25, 0.3) is 0 Å². The summed E-state index contributed by atoms with van der Waals surface area (Å²) >= 11 is 0. The Bertz CT molecular complexity index is 837. The van der Waals surface area contributed by atoms with Gasteiger partial charge in [0.05, 0.1) is 11.3 Å². The zero-order valence-corrected chi connectivity index (χ0v) is 15.2. The average Bonchev–Trinajstić information content (AvgIpc) is 3.31. The lowest BCUT2D eigenvalue weighted by Gasteiger charge is -2.15. The maximum Gasteiger partial charge on any atom is 0.355 e. The predicted molar refractivity (Wildman–Crippen MR) is 100 cm³/mol. The number of para-hydroxylation sites is 1. The molecule has 2 N–H and O–H groups in total. The van der Waals surface area contributed by atoms with Crippen molar-refractivity contribution in [3.8, 4) is 0 Å². The number of ether oxygens (including phenoxy) is 1. The van der Waals surface area contributed by atoms with E-state index in [9.17, 15) is 14.4 Å². The molecule has 0 spiro atoms. The molecule has 7 nitrogen and oxygen atoms in total. The standard InChI is InChI=1S/C20H23N3O4/c1-23-12-6-11-17(23)20(26)27-13-18(24)22-16-10-5-4-9-15(16)19(25)21-14-7-2-3-8-14/h4-6,9-12,14H,2-3,7-8,13H2,1H3,(H,21,25)(H,22,24). The molecular formula is C20H23N3O4. The van der Waals surface area contributed by atoms with E-state index in [-0.39, 0.29) is 11.9 Å². The predicted octanol–water partition coefficient (Wildman–Crippen LogP) is 2.49. The van der Waals surface area contributed by atoms with Gasteiger partial charge >= 0.3 is 5.97 Å². The van der Waals surface area contributed by atoms with Crippen LogP contribution in [0.15, 0.2) is 42.6 Å². The average molecular weight is 369 g/mol. The second-order valence-corrected chi connectivity index (χ2v) is 6.63. The van der Waals surface area contributed by atoms with Crippen molar-refractivity contribution in [2.45, 2.75) is 31.7 Å². The summed E-state index contributed by atoms with van der Waals surface area (Å²) in [7, 11) is 1.72. The highest BCUT2D eigenvalue weighted by Crippen LogP contribution is 2.20. The second-order valence-electron chi connectivity index (χ2n) is 6.63. The highest BCUT2D eigenvalue weighted by molar-refractivity contribution is 6.04. The molecular weight excluding hydrogens is 346 g/mol. The number of carbonyl (C=O) groups is 3. The number of benzene rings is 1. The van der Waals surface area contributed by atoms with Gasteiger partial charge in [-0.2, -0.15) is 0 Å². The van der Waals surface area contributed by atoms with E-state index in [1.54, 1.807) is 54.2 Å². The molecule has 0 radical (unpaired) electrons. The van der Waals surface area contributed by atoms with E-state index in [0.29, 0.717) is 16.9 Å². The van der Waals surface area contributed by atoms with Crippen molar-refractivity contribution in [2.24, 2.45) is 7.05 Å². The molecule has 0 unspecified atom stereocenters. The molecule has 1 aromatic heterocycles. The second kappa shape index (κ2) is 8.53. The van der Waals surface area contributed by atoms with Gasteiger partial charge in [0.25, 0.3) is 11.8 Å². The number of hydrogen-bond donors (Lipinski definition) is 2. The van der Waals surface area contributed by atoms with Crippen LogP contribution in [0.4, 0.5) is 5.69 Å². The fourth-order valence-electron chi connectivity index (χ4n) is 3.19. The van der Waals surface area contributed by atoms with Crippen molar-refractivity contribution < 1.29 is 19.1 Å². The molecule has 1 fully saturated rings. The lowest BCUT2D eigenvalue weighted by molar-refractivity contribution is -0.119. The summed E-state index contributed by atoms with van der Waals surface area (Å²) in [5.74, 6) is -1.29. The number of aromatic nitrogens is 1. The van der Waals surface area contributed by atoms with Gasteiger partial charge in [-0.15, -0.1) is 0 Å². The Balaban J connectivity index is 1.58. The van der Waals surface area contributed by atoms with Crippen LogP contribution in [0.3, 0.4) is 0 Å². The van der Waals surface area contributed by atoms with Crippen molar-refractivity contribution in [3.05, 3.63) is 53.9 Å². The fraction of sp³-hybridized carbons (Fsp3) is 0.350. The van der Waals surface area contributed by atoms with E-state index < -0.39 is 18.5 Å². The molecule has 142 valence electrons. The summed E-state index contributed by atoms with van der Waals surface area (Å²) in [5.41, 5.74) is 1.15. The van der Waals surface area contributed by atoms with E-state index >= 15 is 0 Å². The van der Waals surface area contributed by atoms with E-state index in [1.165, 1.54) is 0 Å². The van der Waals surface area contributed by atoms with Gasteiger partial charge in [0.2, 0.25) is 0 Å². The summed E-state index contributed by atoms with van der Waals surface area (Å²) in [6, 6.07) is 10.3. The normalized spacial score (nSPS) is 14.0. The molecule has 3 rings (SSSR count). The van der Waals surface area contributed by atoms with Gasteiger partial charge in [0.15, 0.2) is 6.61 Å². The Morgan fingerprint density at radius 3 is 2.56 bits per heavy atom. The van der Waals surface area contributed by atoms with Crippen molar-refractivity contribution >= 4 is 23.5 Å². The van der Waals surface area contributed by atoms with Gasteiger partial charge in [-0.3, -0.25) is 9.59 Å². The third-order valence-electron chi connectivity index (χ3n) is 4.62. The number of nitrogens with zero attached hydrogens (tertiary/aromatic N) is 1. The van der Waals surface area contributed by atoms with E-state index in [0.717, 1.165) is 25.7 Å². The first-order valence-electron chi connectivity index (χ1n) is 9.03. The van der Waals surface area contributed by atoms with Crippen LogP contribution in [-0.2, 0) is 16.6 Å². The topological polar surface area (TPSA) is 89.4 Å². The highest BCUT2D eigenvalue weighted by atomic mass is 16.5. The Kier molecular flexibility index (Phi) is 5.90. The molecule has 2 amide bonds. The number of rotatable bonds is 6. The van der Waals surface area contributed by atoms with Gasteiger partial charge in [-0.25, -0.2) is 4.79 Å². The molecule has 0 bridgehead atoms. The van der Waals surface area contributed by atoms with Gasteiger partial charge in [-0.05, 0) is 37.1 Å². The molecule has 1 heterocycles. The Labute approximate surface area is 157 Å². The third kappa shape index (κ3) is 4.75. The lowest BCUT2D eigenvalue weighted by Crippen LogP contribution is -2.33. The first-order valence-corrected chi connectivity index (χ1v) is 9.03. The summed E-state index contributed by atoms with van der Waals surface area (Å²) in [6.45, 7) is -0.428. The van der Waals surface area contributed by atoms with Crippen LogP contribution in [0.5, 0.6) is 0 Å². The van der Waals surface area contributed by atoms with E-state index in [4.69, 9.17) is 4.74 Å². The van der Waals surface area contributed by atoms with Crippen molar-refractivity contribution in [3.63, 3.8) is 0 Å². The van der Waals surface area contributed by atoms with Crippen LogP contribution in [0.1, 0.15) is 46.5 Å². The molecule has 1 aromatic carbocycles. The molecule has 2 aromatic rings. The molecule has 7 heteroatoms. The minimum absolute atomic E-state index is 0.187. The highest BCUT2D eigenvalue weighted by Gasteiger charge is 2.20. The van der Waals surface area contributed by atoms with Gasteiger partial charge in [-0.1, -0.05) is 25.0 Å². The van der Waals surface area contributed by atoms with Gasteiger partial charge in [0, 0.05) is 19.3 Å². The largest absolute Gasteiger partial charge is 0.451 e. The van der Waals surface area contributed by atoms with E-state index in [1.807, 2.05) is 0 Å². The minimum atomic E-state index is -0.579. The van der Waals surface area contributed by atoms with E-state index in [2.05, 4.69) is 10.6 Å². The lowest BCUT2D eigenvalue weighted by atomic mass is 10.1. The molecule has 0 saturated heterocycles. The summed E-state index contributed by atoms with van der Waals surface area (Å²) in [4.78, 5) is 36.6. The summed E-state index contributed by atoms with van der Waals surface area (Å²) < 4.78 is 6.65. The van der Waals surface area contributed by atoms with Gasteiger partial charge < -0.3 is 19.9 Å². The maximum absolute atomic E-state index is 12.5. The Hall–Kier alpha value is -3.09. The minimum Gasteiger partial charge on any atom is -0.451 e. The molecule has 0 atom stereocenters. The molecule has 1 aliphatic carbocycles. The van der Waals surface area contributed by atoms with Crippen LogP contribution < -0.4 is 10.6 Å². The zero-order valence-electron chi connectivity index (χ0n) is 15.2. The maximum atomic E-state index is 12.5. The number of esters is 1. The summed E-state index contributed by atoms with van der Waals surface area (Å²) in [6.07, 6.45) is 5.92. The SMILES string of the molecule is Cn1cccc1C(=O)OCC(=O)Nc1ccccc1C(=O)NC1CCCC1. The molecule has 27 heavy (non-hydrogen) atoms. The monoisotopic (exact) mass is 369 g/mol. The van der Waals surface area contributed by atoms with Gasteiger partial charge in [0.1, 0.15) is 5.69 Å². The van der Waals surface area contributed by atoms with Crippen LogP contribution in [0, 0.1) is 0 Å². The number of carbonyl (C=O) groups excluding carboxylic acids is 3. The van der Waals surface area contributed by atoms with Crippen LogP contribution in [-0.4, -0.2) is 35.0 Å². The Morgan fingerprint density at radius 2 is 1.85 bits per heavy atom. The first kappa shape index (κ1) is 18.7. The smallest absolute Gasteiger partial charge is 0.355 e. The zero-order chi connectivity index (χ0) is 19.2. The fourth-order valence-corrected chi connectivity index (χ4v) is 3.19. The van der Waals surface area contributed by atoms with Crippen molar-refractivity contribution in [1.29, 1.82) is 0 Å². The van der Waals surface area contributed by atoms with Crippen LogP contribution >= 0.6 is 0 Å². The number of aryl methyl sites for hydroxylation is 1.